The van der Waals surface area contributed by atoms with Crippen LogP contribution >= 0.6 is 22.9 Å². The maximum Gasteiger partial charge on any atom is 0.329 e. The summed E-state index contributed by atoms with van der Waals surface area (Å²) in [5, 5.41) is 30.7. The van der Waals surface area contributed by atoms with E-state index in [9.17, 15) is 14.9 Å². The number of hydrogen-bond donors (Lipinski definition) is 3. The summed E-state index contributed by atoms with van der Waals surface area (Å²) >= 11 is 8.02. The summed E-state index contributed by atoms with van der Waals surface area (Å²) in [6, 6.07) is 7.86. The van der Waals surface area contributed by atoms with E-state index in [1.807, 2.05) is 17.5 Å². The molecule has 0 radical (unpaired) electrons. The third-order valence-electron chi connectivity index (χ3n) is 8.26. The fourth-order valence-electron chi connectivity index (χ4n) is 5.57. The highest BCUT2D eigenvalue weighted by atomic mass is 35.5. The van der Waals surface area contributed by atoms with Crippen LogP contribution < -0.4 is 20.9 Å². The number of ether oxygens (including phenoxy) is 1. The molecule has 0 aliphatic carbocycles. The van der Waals surface area contributed by atoms with Crippen LogP contribution in [0.3, 0.4) is 0 Å². The molecule has 6 rings (SSSR count). The van der Waals surface area contributed by atoms with Crippen molar-refractivity contribution >= 4 is 51.6 Å². The molecule has 3 aliphatic rings. The first-order valence-electron chi connectivity index (χ1n) is 14.7. The summed E-state index contributed by atoms with van der Waals surface area (Å²) in [6.07, 6.45) is 5.19. The summed E-state index contributed by atoms with van der Waals surface area (Å²) in [5.74, 6) is 0.907. The molecule has 3 aromatic heterocycles. The number of likely N-dealkylation sites (tertiary alicyclic amines) is 1. The van der Waals surface area contributed by atoms with Gasteiger partial charge in [-0.1, -0.05) is 11.6 Å². The van der Waals surface area contributed by atoms with Crippen molar-refractivity contribution in [3.8, 4) is 17.3 Å². The molecule has 0 atom stereocenters. The quantitative estimate of drug-likeness (QED) is 0.312. The number of carbonyl (C=O) groups excluding carboxylic acids is 2. The Kier molecular flexibility index (Phi) is 9.17. The molecule has 0 bridgehead atoms. The molecule has 3 saturated heterocycles. The molecule has 6 heterocycles. The largest absolute Gasteiger partial charge is 0.381 e. The van der Waals surface area contributed by atoms with Crippen LogP contribution in [-0.4, -0.2) is 82.4 Å². The Morgan fingerprint density at radius 1 is 1.18 bits per heavy atom. The number of thiazole rings is 1. The minimum absolute atomic E-state index is 0.246. The lowest BCUT2D eigenvalue weighted by Crippen LogP contribution is -2.50. The SMILES string of the molecule is N#CC1(CNc2nc(-c3cc(NC4CCN(Cc5ccc(N6CCC(=O)NC6=O)nn5)CC4)ncc3Cl)cs2)CCOCC1. The number of imide groups is 1. The van der Waals surface area contributed by atoms with Crippen LogP contribution in [0.4, 0.5) is 21.6 Å². The fraction of sp³-hybridized carbons (Fsp3) is 0.483. The summed E-state index contributed by atoms with van der Waals surface area (Å²) < 4.78 is 5.43. The molecular weight excluding hydrogens is 604 g/mol. The van der Waals surface area contributed by atoms with Gasteiger partial charge in [-0.05, 0) is 43.9 Å². The van der Waals surface area contributed by atoms with Gasteiger partial charge in [0.25, 0.3) is 0 Å². The average molecular weight is 637 g/mol. The molecule has 3 fully saturated rings. The molecule has 230 valence electrons. The smallest absolute Gasteiger partial charge is 0.329 e. The van der Waals surface area contributed by atoms with Gasteiger partial charge in [0.05, 0.1) is 27.9 Å². The summed E-state index contributed by atoms with van der Waals surface area (Å²) in [7, 11) is 0. The van der Waals surface area contributed by atoms with E-state index in [2.05, 4.69) is 42.1 Å². The van der Waals surface area contributed by atoms with Gasteiger partial charge in [0, 0.05) is 75.5 Å². The number of hydrogen-bond acceptors (Lipinski definition) is 12. The molecule has 13 nitrogen and oxygen atoms in total. The Hall–Kier alpha value is -3.90. The van der Waals surface area contributed by atoms with Gasteiger partial charge in [0.2, 0.25) is 5.91 Å². The molecule has 44 heavy (non-hydrogen) atoms. The molecule has 3 amide bonds. The second-order valence-electron chi connectivity index (χ2n) is 11.3. The number of rotatable bonds is 9. The van der Waals surface area contributed by atoms with Crippen molar-refractivity contribution < 1.29 is 14.3 Å². The normalized spacial score (nSPS) is 19.3. The summed E-state index contributed by atoms with van der Waals surface area (Å²) in [5.41, 5.74) is 1.97. The lowest BCUT2D eigenvalue weighted by molar-refractivity contribution is -0.120. The van der Waals surface area contributed by atoms with Crippen molar-refractivity contribution in [2.75, 3.05) is 54.9 Å². The Labute approximate surface area is 264 Å². The first kappa shape index (κ1) is 30.1. The number of nitrogens with one attached hydrogen (secondary N) is 3. The van der Waals surface area contributed by atoms with Gasteiger partial charge in [0.1, 0.15) is 5.82 Å². The van der Waals surface area contributed by atoms with Crippen molar-refractivity contribution in [1.82, 2.24) is 30.4 Å². The number of aromatic nitrogens is 4. The third-order valence-corrected chi connectivity index (χ3v) is 9.36. The van der Waals surface area contributed by atoms with Crippen molar-refractivity contribution in [1.29, 1.82) is 5.26 Å². The van der Waals surface area contributed by atoms with Crippen LogP contribution in [0.25, 0.3) is 11.3 Å². The molecule has 15 heteroatoms. The van der Waals surface area contributed by atoms with Gasteiger partial charge in [-0.25, -0.2) is 14.8 Å². The topological polar surface area (TPSA) is 161 Å². The molecule has 3 aromatic rings. The van der Waals surface area contributed by atoms with E-state index in [1.165, 1.54) is 16.2 Å². The van der Waals surface area contributed by atoms with Crippen molar-refractivity contribution in [2.24, 2.45) is 5.41 Å². The number of amides is 3. The van der Waals surface area contributed by atoms with Crippen LogP contribution in [0, 0.1) is 16.7 Å². The molecule has 0 unspecified atom stereocenters. The number of carbonyl (C=O) groups is 2. The number of nitriles is 1. The van der Waals surface area contributed by atoms with Crippen molar-refractivity contribution in [3.05, 3.63) is 40.5 Å². The zero-order valence-electron chi connectivity index (χ0n) is 24.1. The lowest BCUT2D eigenvalue weighted by Gasteiger charge is -2.32. The highest BCUT2D eigenvalue weighted by molar-refractivity contribution is 7.14. The first-order chi connectivity index (χ1) is 21.4. The van der Waals surface area contributed by atoms with Crippen molar-refractivity contribution in [2.45, 2.75) is 44.7 Å². The number of anilines is 3. The Morgan fingerprint density at radius 3 is 2.73 bits per heavy atom. The second-order valence-corrected chi connectivity index (χ2v) is 12.5. The van der Waals surface area contributed by atoms with E-state index in [0.717, 1.165) is 53.8 Å². The third kappa shape index (κ3) is 7.07. The summed E-state index contributed by atoms with van der Waals surface area (Å²) in [6.45, 7) is 4.48. The van der Waals surface area contributed by atoms with Gasteiger partial charge in [-0.2, -0.15) is 10.4 Å². The maximum absolute atomic E-state index is 12.1. The van der Waals surface area contributed by atoms with Crippen LogP contribution in [0.15, 0.2) is 29.8 Å². The molecule has 3 N–H and O–H groups in total. The van der Waals surface area contributed by atoms with Crippen LogP contribution in [0.5, 0.6) is 0 Å². The molecule has 0 aromatic carbocycles. The Bertz CT molecular complexity index is 1530. The minimum atomic E-state index is -0.468. The number of pyridine rings is 1. The van der Waals surface area contributed by atoms with Gasteiger partial charge in [-0.15, -0.1) is 16.4 Å². The Balaban J connectivity index is 1.000. The predicted molar refractivity (Wildman–Crippen MR) is 166 cm³/mol. The molecular formula is C29H33ClN10O3S. The van der Waals surface area contributed by atoms with E-state index < -0.39 is 11.4 Å². The van der Waals surface area contributed by atoms with E-state index in [0.29, 0.717) is 56.5 Å². The van der Waals surface area contributed by atoms with Gasteiger partial charge >= 0.3 is 6.03 Å². The first-order valence-corrected chi connectivity index (χ1v) is 15.9. The molecule has 0 spiro atoms. The zero-order chi connectivity index (χ0) is 30.5. The Morgan fingerprint density at radius 2 is 2.00 bits per heavy atom. The van der Waals surface area contributed by atoms with E-state index in [-0.39, 0.29) is 18.4 Å². The predicted octanol–water partition coefficient (Wildman–Crippen LogP) is 3.90. The van der Waals surface area contributed by atoms with Crippen molar-refractivity contribution in [3.63, 3.8) is 0 Å². The number of piperidine rings is 1. The number of nitrogens with zero attached hydrogens (tertiary/aromatic N) is 7. The monoisotopic (exact) mass is 636 g/mol. The van der Waals surface area contributed by atoms with Gasteiger partial charge < -0.3 is 15.4 Å². The molecule has 0 saturated carbocycles. The lowest BCUT2D eigenvalue weighted by atomic mass is 9.82. The second kappa shape index (κ2) is 13.4. The average Bonchev–Trinajstić information content (AvgIpc) is 3.52. The van der Waals surface area contributed by atoms with Crippen LogP contribution in [-0.2, 0) is 16.1 Å². The highest BCUT2D eigenvalue weighted by Crippen LogP contribution is 2.34. The minimum Gasteiger partial charge on any atom is -0.381 e. The van der Waals surface area contributed by atoms with Crippen LogP contribution in [0.1, 0.15) is 37.8 Å². The van der Waals surface area contributed by atoms with Crippen LogP contribution in [0.2, 0.25) is 5.02 Å². The van der Waals surface area contributed by atoms with E-state index >= 15 is 0 Å². The molecule has 3 aliphatic heterocycles. The maximum atomic E-state index is 12.1. The number of halogens is 1. The van der Waals surface area contributed by atoms with Gasteiger partial charge in [0.15, 0.2) is 10.9 Å². The summed E-state index contributed by atoms with van der Waals surface area (Å²) in [4.78, 5) is 36.5. The highest BCUT2D eigenvalue weighted by Gasteiger charge is 2.33. The van der Waals surface area contributed by atoms with E-state index in [4.69, 9.17) is 21.3 Å². The van der Waals surface area contributed by atoms with E-state index in [1.54, 1.807) is 12.3 Å². The standard InChI is InChI=1S/C29H33ClN10O3S/c30-22-14-32-24(13-21(22)23-16-44-27(35-23)33-18-29(17-31)6-11-43-12-7-29)34-19-3-8-39(9-4-19)15-20-1-2-25(38-37-20)40-10-5-26(41)36-28(40)42/h1-2,13-14,16,19H,3-12,15,18H2,(H,32,34)(H,33,35)(H,36,41,42). The fourth-order valence-corrected chi connectivity index (χ4v) is 6.47. The zero-order valence-corrected chi connectivity index (χ0v) is 25.7. The number of urea groups is 1. The van der Waals surface area contributed by atoms with Gasteiger partial charge in [-0.3, -0.25) is 19.9 Å².